The summed E-state index contributed by atoms with van der Waals surface area (Å²) in [5, 5.41) is 36.6. The number of aliphatic hydroxyl groups excluding tert-OH is 3. The Labute approximate surface area is 92.2 Å². The topological polar surface area (TPSA) is 116 Å². The molecule has 16 heavy (non-hydrogen) atoms. The van der Waals surface area contributed by atoms with E-state index in [1.807, 2.05) is 0 Å². The number of aliphatic carboxylic acids is 1. The van der Waals surface area contributed by atoms with Crippen molar-refractivity contribution < 1.29 is 34.7 Å². The van der Waals surface area contributed by atoms with E-state index in [9.17, 15) is 20.1 Å². The van der Waals surface area contributed by atoms with Crippen LogP contribution in [0.5, 0.6) is 0 Å². The lowest BCUT2D eigenvalue weighted by atomic mass is 10.0. The van der Waals surface area contributed by atoms with E-state index in [1.54, 1.807) is 0 Å². The van der Waals surface area contributed by atoms with Crippen LogP contribution < -0.4 is 0 Å². The number of rotatable bonds is 4. The predicted molar refractivity (Wildman–Crippen MR) is 50.6 cm³/mol. The molecule has 3 unspecified atom stereocenters. The normalized spacial score (nSPS) is 39.6. The first-order valence-corrected chi connectivity index (χ1v) is 4.96. The first-order chi connectivity index (χ1) is 7.43. The summed E-state index contributed by atoms with van der Waals surface area (Å²) in [4.78, 5) is 10.2. The summed E-state index contributed by atoms with van der Waals surface area (Å²) in [6, 6.07) is 0. The summed E-state index contributed by atoms with van der Waals surface area (Å²) in [5.74, 6) is -1.03. The highest BCUT2D eigenvalue weighted by molar-refractivity contribution is 5.66. The Balaban J connectivity index is 2.44. The number of hydrogen-bond acceptors (Lipinski definition) is 6. The number of carboxylic acid groups (broad SMARTS) is 1. The maximum atomic E-state index is 10.2. The summed E-state index contributed by atoms with van der Waals surface area (Å²) in [7, 11) is 0. The van der Waals surface area contributed by atoms with Crippen LogP contribution in [0.25, 0.3) is 0 Å². The van der Waals surface area contributed by atoms with Crippen LogP contribution in [-0.2, 0) is 14.3 Å². The molecule has 1 saturated heterocycles. The lowest BCUT2D eigenvalue weighted by molar-refractivity contribution is -0.293. The fraction of sp³-hybridized carbons (Fsp3) is 0.889. The monoisotopic (exact) mass is 236 g/mol. The standard InChI is InChI=1S/C9H16O7/c1-4-6(12)7(13)8(14)9(16-4)15-3-2-5(10)11/h4,6-9,12-14H,2-3H2,1H3,(H,10,11)/t4?,6-,7?,8?,9+/m0/s1. The maximum Gasteiger partial charge on any atom is 0.305 e. The zero-order valence-corrected chi connectivity index (χ0v) is 8.81. The second-order valence-electron chi connectivity index (χ2n) is 3.70. The molecule has 0 aromatic carbocycles. The minimum Gasteiger partial charge on any atom is -0.481 e. The highest BCUT2D eigenvalue weighted by Crippen LogP contribution is 2.21. The molecule has 7 nitrogen and oxygen atoms in total. The van der Waals surface area contributed by atoms with Crippen LogP contribution in [0.15, 0.2) is 0 Å². The molecule has 1 heterocycles. The van der Waals surface area contributed by atoms with Crippen molar-refractivity contribution in [2.75, 3.05) is 6.61 Å². The van der Waals surface area contributed by atoms with Crippen molar-refractivity contribution in [3.63, 3.8) is 0 Å². The Hall–Kier alpha value is -0.730. The van der Waals surface area contributed by atoms with Crippen molar-refractivity contribution in [2.45, 2.75) is 44.1 Å². The fourth-order valence-electron chi connectivity index (χ4n) is 1.41. The van der Waals surface area contributed by atoms with E-state index in [4.69, 9.17) is 14.6 Å². The second-order valence-corrected chi connectivity index (χ2v) is 3.70. The third-order valence-electron chi connectivity index (χ3n) is 2.41. The lowest BCUT2D eigenvalue weighted by Crippen LogP contribution is -2.57. The minimum absolute atomic E-state index is 0.132. The van der Waals surface area contributed by atoms with E-state index in [2.05, 4.69) is 0 Å². The van der Waals surface area contributed by atoms with Crippen LogP contribution in [0.3, 0.4) is 0 Å². The highest BCUT2D eigenvalue weighted by Gasteiger charge is 2.42. The molecule has 0 bridgehead atoms. The first-order valence-electron chi connectivity index (χ1n) is 4.96. The molecular formula is C9H16O7. The van der Waals surface area contributed by atoms with Gasteiger partial charge in [0.25, 0.3) is 0 Å². The van der Waals surface area contributed by atoms with Crippen molar-refractivity contribution in [3.8, 4) is 0 Å². The van der Waals surface area contributed by atoms with Gasteiger partial charge in [-0.3, -0.25) is 4.79 Å². The van der Waals surface area contributed by atoms with Gasteiger partial charge in [0.15, 0.2) is 6.29 Å². The number of hydrogen-bond donors (Lipinski definition) is 4. The van der Waals surface area contributed by atoms with Crippen LogP contribution >= 0.6 is 0 Å². The molecule has 1 rings (SSSR count). The molecule has 0 aromatic rings. The first kappa shape index (κ1) is 13.3. The van der Waals surface area contributed by atoms with Crippen molar-refractivity contribution in [1.82, 2.24) is 0 Å². The van der Waals surface area contributed by atoms with Gasteiger partial charge in [-0.1, -0.05) is 0 Å². The van der Waals surface area contributed by atoms with Crippen molar-refractivity contribution >= 4 is 5.97 Å². The molecule has 0 aromatic heterocycles. The molecule has 0 amide bonds. The van der Waals surface area contributed by atoms with Gasteiger partial charge in [-0.2, -0.15) is 0 Å². The average molecular weight is 236 g/mol. The SMILES string of the molecule is CC1O[C@@H](OCCC(=O)O)C(O)C(O)[C@H]1O. The summed E-state index contributed by atoms with van der Waals surface area (Å²) in [6.45, 7) is 1.39. The van der Waals surface area contributed by atoms with Gasteiger partial charge in [0.05, 0.1) is 19.1 Å². The molecule has 1 aliphatic rings. The van der Waals surface area contributed by atoms with Gasteiger partial charge in [-0.25, -0.2) is 0 Å². The number of carboxylic acids is 1. The molecule has 7 heteroatoms. The highest BCUT2D eigenvalue weighted by atomic mass is 16.7. The number of carbonyl (C=O) groups is 1. The quantitative estimate of drug-likeness (QED) is 0.460. The van der Waals surface area contributed by atoms with Crippen molar-refractivity contribution in [2.24, 2.45) is 0 Å². The maximum absolute atomic E-state index is 10.2. The summed E-state index contributed by atoms with van der Waals surface area (Å²) >= 11 is 0. The Kier molecular flexibility index (Phi) is 4.63. The molecule has 0 radical (unpaired) electrons. The third-order valence-corrected chi connectivity index (χ3v) is 2.41. The molecule has 0 aliphatic carbocycles. The molecule has 0 spiro atoms. The largest absolute Gasteiger partial charge is 0.481 e. The Morgan fingerprint density at radius 3 is 2.44 bits per heavy atom. The van der Waals surface area contributed by atoms with E-state index in [0.717, 1.165) is 0 Å². The van der Waals surface area contributed by atoms with E-state index >= 15 is 0 Å². The Morgan fingerprint density at radius 2 is 1.88 bits per heavy atom. The zero-order valence-electron chi connectivity index (χ0n) is 8.81. The van der Waals surface area contributed by atoms with Gasteiger partial charge in [-0.15, -0.1) is 0 Å². The number of ether oxygens (including phenoxy) is 2. The average Bonchev–Trinajstić information content (AvgIpc) is 2.22. The van der Waals surface area contributed by atoms with E-state index < -0.39 is 36.7 Å². The summed E-state index contributed by atoms with van der Waals surface area (Å²) < 4.78 is 10.1. The summed E-state index contributed by atoms with van der Waals surface area (Å²) in [5.41, 5.74) is 0. The molecule has 1 aliphatic heterocycles. The van der Waals surface area contributed by atoms with Crippen LogP contribution in [0, 0.1) is 0 Å². The molecule has 5 atom stereocenters. The molecular weight excluding hydrogens is 220 g/mol. The van der Waals surface area contributed by atoms with Gasteiger partial charge in [0.1, 0.15) is 18.3 Å². The van der Waals surface area contributed by atoms with E-state index in [1.165, 1.54) is 6.92 Å². The summed E-state index contributed by atoms with van der Waals surface area (Å²) in [6.07, 6.45) is -5.96. The minimum atomic E-state index is -1.39. The molecule has 4 N–H and O–H groups in total. The fourth-order valence-corrected chi connectivity index (χ4v) is 1.41. The number of aliphatic hydroxyl groups is 3. The van der Waals surface area contributed by atoms with Crippen molar-refractivity contribution in [3.05, 3.63) is 0 Å². The third kappa shape index (κ3) is 3.13. The predicted octanol–water partition coefficient (Wildman–Crippen LogP) is -1.69. The van der Waals surface area contributed by atoms with Gasteiger partial charge >= 0.3 is 5.97 Å². The van der Waals surface area contributed by atoms with Crippen LogP contribution in [0.2, 0.25) is 0 Å². The van der Waals surface area contributed by atoms with E-state index in [-0.39, 0.29) is 13.0 Å². The van der Waals surface area contributed by atoms with Crippen LogP contribution in [0.1, 0.15) is 13.3 Å². The Bertz CT molecular complexity index is 244. The van der Waals surface area contributed by atoms with Crippen LogP contribution in [-0.4, -0.2) is 63.7 Å². The van der Waals surface area contributed by atoms with Crippen LogP contribution in [0.4, 0.5) is 0 Å². The van der Waals surface area contributed by atoms with Gasteiger partial charge in [-0.05, 0) is 6.92 Å². The zero-order chi connectivity index (χ0) is 12.3. The Morgan fingerprint density at radius 1 is 1.25 bits per heavy atom. The molecule has 94 valence electrons. The van der Waals surface area contributed by atoms with Gasteiger partial charge in [0, 0.05) is 0 Å². The van der Waals surface area contributed by atoms with Gasteiger partial charge in [0.2, 0.25) is 0 Å². The second kappa shape index (κ2) is 5.55. The smallest absolute Gasteiger partial charge is 0.305 e. The lowest BCUT2D eigenvalue weighted by Gasteiger charge is -2.38. The molecule has 0 saturated carbocycles. The molecule has 1 fully saturated rings. The van der Waals surface area contributed by atoms with E-state index in [0.29, 0.717) is 0 Å². The van der Waals surface area contributed by atoms with Gasteiger partial charge < -0.3 is 29.9 Å². The van der Waals surface area contributed by atoms with Crippen molar-refractivity contribution in [1.29, 1.82) is 0 Å².